The van der Waals surface area contributed by atoms with Crippen LogP contribution in [0.25, 0.3) is 0 Å². The van der Waals surface area contributed by atoms with E-state index in [-0.39, 0.29) is 12.2 Å². The Kier molecular flexibility index (Phi) is 4.47. The lowest BCUT2D eigenvalue weighted by molar-refractivity contribution is 0.129. The fourth-order valence-electron chi connectivity index (χ4n) is 1.37. The lowest BCUT2D eigenvalue weighted by Gasteiger charge is -2.01. The first-order valence-electron chi connectivity index (χ1n) is 5.43. The Morgan fingerprint density at radius 1 is 1.11 bits per heavy atom. The minimum absolute atomic E-state index is 0.0988. The average molecular weight is 281 g/mol. The molecule has 2 aromatic carbocycles. The normalized spacial score (nSPS) is 10.9. The number of benzene rings is 2. The molecule has 97 valence electrons. The molecule has 2 rings (SSSR count). The van der Waals surface area contributed by atoms with Crippen LogP contribution in [-0.4, -0.2) is 6.21 Å². The summed E-state index contributed by atoms with van der Waals surface area (Å²) in [6.07, 6.45) is 2.60. The van der Waals surface area contributed by atoms with Gasteiger partial charge in [-0.2, -0.15) is 0 Å². The van der Waals surface area contributed by atoms with E-state index in [2.05, 4.69) is 11.4 Å². The van der Waals surface area contributed by atoms with E-state index in [0.717, 1.165) is 6.07 Å². The predicted octanol–water partition coefficient (Wildman–Crippen LogP) is 4.05. The molecule has 0 spiro atoms. The molecule has 0 aliphatic carbocycles. The second-order valence-corrected chi connectivity index (χ2v) is 4.13. The summed E-state index contributed by atoms with van der Waals surface area (Å²) in [5, 5.41) is 4.16. The first-order chi connectivity index (χ1) is 9.16. The van der Waals surface area contributed by atoms with Crippen molar-refractivity contribution in [3.63, 3.8) is 0 Å². The molecular weight excluding hydrogens is 272 g/mol. The van der Waals surface area contributed by atoms with Gasteiger partial charge in [0.25, 0.3) is 0 Å². The molecule has 2 aromatic rings. The lowest BCUT2D eigenvalue weighted by Crippen LogP contribution is -1.95. The molecule has 0 aliphatic rings. The molecule has 0 aromatic heterocycles. The van der Waals surface area contributed by atoms with Gasteiger partial charge in [0, 0.05) is 16.1 Å². The number of hydrogen-bond donors (Lipinski definition) is 0. The Labute approximate surface area is 114 Å². The zero-order valence-electron chi connectivity index (χ0n) is 9.74. The molecule has 0 heterocycles. The highest BCUT2D eigenvalue weighted by Crippen LogP contribution is 2.12. The second kappa shape index (κ2) is 6.29. The van der Waals surface area contributed by atoms with E-state index < -0.39 is 11.6 Å². The van der Waals surface area contributed by atoms with Crippen molar-refractivity contribution in [1.82, 2.24) is 0 Å². The first kappa shape index (κ1) is 13.5. The molecule has 0 atom stereocenters. The average Bonchev–Trinajstić information content (AvgIpc) is 2.41. The Hall–Kier alpha value is -1.94. The number of halogens is 3. The summed E-state index contributed by atoms with van der Waals surface area (Å²) in [4.78, 5) is 4.86. The fraction of sp³-hybridized carbons (Fsp3) is 0.0714. The summed E-state index contributed by atoms with van der Waals surface area (Å²) in [6.45, 7) is -0.163. The fourth-order valence-corrected chi connectivity index (χ4v) is 1.50. The molecule has 0 unspecified atom stereocenters. The first-order valence-corrected chi connectivity index (χ1v) is 5.81. The highest BCUT2D eigenvalue weighted by molar-refractivity contribution is 6.30. The Bertz CT molecular complexity index is 584. The smallest absolute Gasteiger partial charge is 0.165 e. The molecular formula is C14H9ClF2NO. The highest BCUT2D eigenvalue weighted by Gasteiger charge is 2.07. The van der Waals surface area contributed by atoms with Crippen molar-refractivity contribution in [2.75, 3.05) is 0 Å². The van der Waals surface area contributed by atoms with E-state index in [1.165, 1.54) is 12.1 Å². The van der Waals surface area contributed by atoms with Gasteiger partial charge in [-0.15, -0.1) is 0 Å². The van der Waals surface area contributed by atoms with Gasteiger partial charge < -0.3 is 4.84 Å². The standard InChI is InChI=1S/C14H9ClF2NO/c15-12-6-4-10(5-7-12)8-18-19-9-11-2-1-3-13(16)14(11)17/h1-7H,9H2. The minimum Gasteiger partial charge on any atom is -0.390 e. The molecule has 0 N–H and O–H groups in total. The molecule has 0 bridgehead atoms. The summed E-state index contributed by atoms with van der Waals surface area (Å²) in [6, 6.07) is 10.7. The maximum absolute atomic E-state index is 13.3. The summed E-state index contributed by atoms with van der Waals surface area (Å²) >= 11 is 5.72. The summed E-state index contributed by atoms with van der Waals surface area (Å²) < 4.78 is 26.2. The van der Waals surface area contributed by atoms with Gasteiger partial charge in [-0.1, -0.05) is 41.0 Å². The quantitative estimate of drug-likeness (QED) is 0.612. The highest BCUT2D eigenvalue weighted by atomic mass is 35.5. The second-order valence-electron chi connectivity index (χ2n) is 3.70. The largest absolute Gasteiger partial charge is 0.390 e. The molecule has 5 heteroatoms. The SMILES string of the molecule is Fc1cccc(CO/N=[C]\c2ccc(Cl)cc2)c1F. The van der Waals surface area contributed by atoms with Gasteiger partial charge in [-0.05, 0) is 18.2 Å². The van der Waals surface area contributed by atoms with Crippen LogP contribution in [0.5, 0.6) is 0 Å². The van der Waals surface area contributed by atoms with Crippen molar-refractivity contribution in [1.29, 1.82) is 0 Å². The van der Waals surface area contributed by atoms with E-state index >= 15 is 0 Å². The molecule has 19 heavy (non-hydrogen) atoms. The third-order valence-electron chi connectivity index (χ3n) is 2.34. The van der Waals surface area contributed by atoms with Crippen LogP contribution in [0.2, 0.25) is 5.02 Å². The molecule has 0 saturated heterocycles. The van der Waals surface area contributed by atoms with Gasteiger partial charge in [0.05, 0.1) is 0 Å². The van der Waals surface area contributed by atoms with Crippen LogP contribution in [0.1, 0.15) is 11.1 Å². The zero-order valence-corrected chi connectivity index (χ0v) is 10.5. The lowest BCUT2D eigenvalue weighted by atomic mass is 10.2. The van der Waals surface area contributed by atoms with Gasteiger partial charge >= 0.3 is 0 Å². The van der Waals surface area contributed by atoms with Crippen LogP contribution in [-0.2, 0) is 11.4 Å². The van der Waals surface area contributed by atoms with Crippen molar-refractivity contribution >= 4 is 17.8 Å². The monoisotopic (exact) mass is 280 g/mol. The van der Waals surface area contributed by atoms with Crippen LogP contribution in [0.3, 0.4) is 0 Å². The van der Waals surface area contributed by atoms with E-state index in [1.807, 2.05) is 0 Å². The van der Waals surface area contributed by atoms with Crippen LogP contribution in [0, 0.1) is 11.6 Å². The number of nitrogens with zero attached hydrogens (tertiary/aromatic N) is 1. The molecule has 1 radical (unpaired) electrons. The van der Waals surface area contributed by atoms with Gasteiger partial charge in [-0.3, -0.25) is 0 Å². The van der Waals surface area contributed by atoms with Gasteiger partial charge in [-0.25, -0.2) is 8.78 Å². The van der Waals surface area contributed by atoms with Gasteiger partial charge in [0.2, 0.25) is 0 Å². The van der Waals surface area contributed by atoms with Crippen molar-refractivity contribution < 1.29 is 13.6 Å². The predicted molar refractivity (Wildman–Crippen MR) is 69.1 cm³/mol. The van der Waals surface area contributed by atoms with Gasteiger partial charge in [0.15, 0.2) is 11.6 Å². The van der Waals surface area contributed by atoms with Crippen molar-refractivity contribution in [3.8, 4) is 0 Å². The Morgan fingerprint density at radius 3 is 2.58 bits per heavy atom. The topological polar surface area (TPSA) is 21.6 Å². The molecule has 2 nitrogen and oxygen atoms in total. The Balaban J connectivity index is 1.93. The molecule has 0 saturated carbocycles. The van der Waals surface area contributed by atoms with Crippen molar-refractivity contribution in [2.45, 2.75) is 6.61 Å². The third-order valence-corrected chi connectivity index (χ3v) is 2.59. The zero-order chi connectivity index (χ0) is 13.7. The van der Waals surface area contributed by atoms with Crippen LogP contribution in [0.4, 0.5) is 8.78 Å². The maximum Gasteiger partial charge on any atom is 0.165 e. The minimum atomic E-state index is -0.927. The summed E-state index contributed by atoms with van der Waals surface area (Å²) in [7, 11) is 0. The van der Waals surface area contributed by atoms with Crippen LogP contribution >= 0.6 is 11.6 Å². The molecule has 0 amide bonds. The van der Waals surface area contributed by atoms with E-state index in [0.29, 0.717) is 10.6 Å². The van der Waals surface area contributed by atoms with E-state index in [9.17, 15) is 8.78 Å². The van der Waals surface area contributed by atoms with E-state index in [4.69, 9.17) is 16.4 Å². The summed E-state index contributed by atoms with van der Waals surface area (Å²) in [5.41, 5.74) is 0.769. The molecule has 0 aliphatic heterocycles. The van der Waals surface area contributed by atoms with E-state index in [1.54, 1.807) is 24.3 Å². The third kappa shape index (κ3) is 3.76. The van der Waals surface area contributed by atoms with Crippen LogP contribution in [0.15, 0.2) is 47.6 Å². The van der Waals surface area contributed by atoms with Crippen molar-refractivity contribution in [2.24, 2.45) is 5.16 Å². The van der Waals surface area contributed by atoms with Crippen molar-refractivity contribution in [3.05, 3.63) is 70.2 Å². The molecule has 0 fully saturated rings. The summed E-state index contributed by atoms with van der Waals surface area (Å²) in [5.74, 6) is -1.84. The number of rotatable bonds is 4. The number of hydrogen-bond acceptors (Lipinski definition) is 2. The van der Waals surface area contributed by atoms with Crippen LogP contribution < -0.4 is 0 Å². The Morgan fingerprint density at radius 2 is 1.84 bits per heavy atom. The maximum atomic E-state index is 13.3. The van der Waals surface area contributed by atoms with Gasteiger partial charge in [0.1, 0.15) is 12.8 Å².